The van der Waals surface area contributed by atoms with Crippen LogP contribution < -0.4 is 11.1 Å². The summed E-state index contributed by atoms with van der Waals surface area (Å²) in [5, 5.41) is 3.33. The van der Waals surface area contributed by atoms with Gasteiger partial charge in [-0.2, -0.15) is 0 Å². The molecule has 3 heteroatoms. The molecule has 86 valence electrons. The third-order valence-electron chi connectivity index (χ3n) is 2.99. The minimum atomic E-state index is 0.583. The van der Waals surface area contributed by atoms with E-state index in [4.69, 9.17) is 5.73 Å². The Bertz CT molecular complexity index is 371. The first-order chi connectivity index (χ1) is 7.86. The van der Waals surface area contributed by atoms with Crippen molar-refractivity contribution < 1.29 is 0 Å². The molecule has 3 N–H and O–H groups in total. The summed E-state index contributed by atoms with van der Waals surface area (Å²) in [5.41, 5.74) is 8.28. The van der Waals surface area contributed by atoms with Crippen molar-refractivity contribution in [3.63, 3.8) is 0 Å². The number of nitrogens with two attached hydrogens (primary N) is 1. The average Bonchev–Trinajstić information content (AvgIpc) is 2.33. The predicted octanol–water partition coefficient (Wildman–Crippen LogP) is 2.97. The van der Waals surface area contributed by atoms with E-state index in [9.17, 15) is 0 Å². The lowest BCUT2D eigenvalue weighted by Crippen LogP contribution is -2.06. The third kappa shape index (κ3) is 2.99. The highest BCUT2D eigenvalue weighted by molar-refractivity contribution is 5.60. The summed E-state index contributed by atoms with van der Waals surface area (Å²) in [5.74, 6) is 0.583. The van der Waals surface area contributed by atoms with Crippen LogP contribution >= 0.6 is 0 Å². The molecule has 0 radical (unpaired) electrons. The maximum atomic E-state index is 5.75. The smallest absolute Gasteiger partial charge is 0.146 e. The molecule has 0 aromatic carbocycles. The fraction of sp³-hybridized carbons (Fsp3) is 0.462. The molecule has 1 aliphatic rings. The summed E-state index contributed by atoms with van der Waals surface area (Å²) >= 11 is 0. The quantitative estimate of drug-likeness (QED) is 0.762. The summed E-state index contributed by atoms with van der Waals surface area (Å²) in [6.07, 6.45) is 10.4. The Hall–Kier alpha value is -1.51. The van der Waals surface area contributed by atoms with Crippen molar-refractivity contribution in [3.05, 3.63) is 30.0 Å². The van der Waals surface area contributed by atoms with Crippen molar-refractivity contribution in [1.82, 2.24) is 4.98 Å². The maximum Gasteiger partial charge on any atom is 0.146 e. The van der Waals surface area contributed by atoms with Gasteiger partial charge in [0.15, 0.2) is 0 Å². The molecular formula is C13H19N3. The van der Waals surface area contributed by atoms with E-state index in [1.807, 2.05) is 12.1 Å². The summed E-state index contributed by atoms with van der Waals surface area (Å²) < 4.78 is 0. The lowest BCUT2D eigenvalue weighted by molar-refractivity contribution is 0.679. The monoisotopic (exact) mass is 217 g/mol. The first kappa shape index (κ1) is 11.0. The van der Waals surface area contributed by atoms with E-state index in [-0.39, 0.29) is 0 Å². The van der Waals surface area contributed by atoms with Crippen LogP contribution in [-0.2, 0) is 0 Å². The Morgan fingerprint density at radius 1 is 1.38 bits per heavy atom. The van der Waals surface area contributed by atoms with Crippen molar-refractivity contribution in [2.75, 3.05) is 17.6 Å². The van der Waals surface area contributed by atoms with Crippen LogP contribution in [0, 0.1) is 0 Å². The summed E-state index contributed by atoms with van der Waals surface area (Å²) in [6, 6.07) is 3.87. The van der Waals surface area contributed by atoms with Crippen LogP contribution in [0.1, 0.15) is 32.1 Å². The Balaban J connectivity index is 1.80. The van der Waals surface area contributed by atoms with Crippen LogP contribution in [0.2, 0.25) is 0 Å². The van der Waals surface area contributed by atoms with Gasteiger partial charge in [0.2, 0.25) is 0 Å². The molecule has 0 saturated carbocycles. The fourth-order valence-electron chi connectivity index (χ4n) is 2.06. The molecule has 16 heavy (non-hydrogen) atoms. The number of pyridine rings is 1. The van der Waals surface area contributed by atoms with Crippen molar-refractivity contribution in [2.24, 2.45) is 0 Å². The topological polar surface area (TPSA) is 50.9 Å². The molecule has 1 aromatic heterocycles. The highest BCUT2D eigenvalue weighted by Crippen LogP contribution is 2.20. The lowest BCUT2D eigenvalue weighted by Gasteiger charge is -2.13. The molecule has 2 rings (SSSR count). The summed E-state index contributed by atoms with van der Waals surface area (Å²) in [4.78, 5) is 4.05. The molecule has 0 atom stereocenters. The second-order valence-electron chi connectivity index (χ2n) is 4.22. The second-order valence-corrected chi connectivity index (χ2v) is 4.22. The van der Waals surface area contributed by atoms with Gasteiger partial charge in [0.1, 0.15) is 5.82 Å². The fourth-order valence-corrected chi connectivity index (χ4v) is 2.06. The molecule has 0 amide bonds. The van der Waals surface area contributed by atoms with Crippen LogP contribution in [0.4, 0.5) is 11.5 Å². The van der Waals surface area contributed by atoms with E-state index in [0.29, 0.717) is 5.82 Å². The van der Waals surface area contributed by atoms with Crippen LogP contribution in [0.5, 0.6) is 0 Å². The van der Waals surface area contributed by atoms with Gasteiger partial charge in [0, 0.05) is 12.7 Å². The van der Waals surface area contributed by atoms with Crippen LogP contribution in [0.15, 0.2) is 30.0 Å². The average molecular weight is 217 g/mol. The molecule has 1 aliphatic carbocycles. The number of rotatable bonds is 4. The number of anilines is 2. The van der Waals surface area contributed by atoms with E-state index < -0.39 is 0 Å². The third-order valence-corrected chi connectivity index (χ3v) is 2.99. The highest BCUT2D eigenvalue weighted by Gasteiger charge is 2.03. The molecule has 0 bridgehead atoms. The first-order valence-corrected chi connectivity index (χ1v) is 5.98. The SMILES string of the molecule is Nc1ncccc1NCCC1=CCCCC1. The van der Waals surface area contributed by atoms with Crippen molar-refractivity contribution in [1.29, 1.82) is 0 Å². The van der Waals surface area contributed by atoms with Crippen molar-refractivity contribution in [3.8, 4) is 0 Å². The van der Waals surface area contributed by atoms with E-state index >= 15 is 0 Å². The molecule has 0 saturated heterocycles. The minimum absolute atomic E-state index is 0.583. The van der Waals surface area contributed by atoms with E-state index in [1.54, 1.807) is 11.8 Å². The van der Waals surface area contributed by atoms with Gasteiger partial charge in [-0.25, -0.2) is 4.98 Å². The number of nitrogens with zero attached hydrogens (tertiary/aromatic N) is 1. The zero-order valence-corrected chi connectivity index (χ0v) is 9.58. The van der Waals surface area contributed by atoms with Crippen LogP contribution in [0.25, 0.3) is 0 Å². The molecule has 1 heterocycles. The van der Waals surface area contributed by atoms with Gasteiger partial charge in [-0.15, -0.1) is 0 Å². The van der Waals surface area contributed by atoms with Gasteiger partial charge in [0.05, 0.1) is 5.69 Å². The number of hydrogen-bond acceptors (Lipinski definition) is 3. The summed E-state index contributed by atoms with van der Waals surface area (Å²) in [7, 11) is 0. The number of aromatic nitrogens is 1. The van der Waals surface area contributed by atoms with Gasteiger partial charge in [-0.3, -0.25) is 0 Å². The zero-order chi connectivity index (χ0) is 11.2. The molecule has 0 aliphatic heterocycles. The van der Waals surface area contributed by atoms with Crippen molar-refractivity contribution in [2.45, 2.75) is 32.1 Å². The maximum absolute atomic E-state index is 5.75. The highest BCUT2D eigenvalue weighted by atomic mass is 14.9. The predicted molar refractivity (Wildman–Crippen MR) is 68.3 cm³/mol. The van der Waals surface area contributed by atoms with E-state index in [1.165, 1.54) is 25.7 Å². The number of hydrogen-bond donors (Lipinski definition) is 2. The number of nitrogens with one attached hydrogen (secondary N) is 1. The van der Waals surface area contributed by atoms with E-state index in [0.717, 1.165) is 18.7 Å². The standard InChI is InChI=1S/C13H19N3/c14-13-12(7-4-9-16-13)15-10-8-11-5-2-1-3-6-11/h4-5,7,9,15H,1-3,6,8,10H2,(H2,14,16). The van der Waals surface area contributed by atoms with Gasteiger partial charge in [0.25, 0.3) is 0 Å². The number of nitrogen functional groups attached to an aromatic ring is 1. The molecule has 0 spiro atoms. The van der Waals surface area contributed by atoms with Gasteiger partial charge >= 0.3 is 0 Å². The molecule has 1 aromatic rings. The Kier molecular flexibility index (Phi) is 3.81. The van der Waals surface area contributed by atoms with Crippen LogP contribution in [0.3, 0.4) is 0 Å². The molecule has 0 unspecified atom stereocenters. The van der Waals surface area contributed by atoms with Gasteiger partial charge < -0.3 is 11.1 Å². The zero-order valence-electron chi connectivity index (χ0n) is 9.58. The Labute approximate surface area is 96.8 Å². The number of allylic oxidation sites excluding steroid dienone is 1. The van der Waals surface area contributed by atoms with Gasteiger partial charge in [-0.05, 0) is 44.2 Å². The van der Waals surface area contributed by atoms with Gasteiger partial charge in [-0.1, -0.05) is 11.6 Å². The Morgan fingerprint density at radius 3 is 3.06 bits per heavy atom. The van der Waals surface area contributed by atoms with E-state index in [2.05, 4.69) is 16.4 Å². The van der Waals surface area contributed by atoms with Crippen LogP contribution in [-0.4, -0.2) is 11.5 Å². The lowest BCUT2D eigenvalue weighted by atomic mass is 9.97. The molecular weight excluding hydrogens is 198 g/mol. The summed E-state index contributed by atoms with van der Waals surface area (Å²) in [6.45, 7) is 0.946. The largest absolute Gasteiger partial charge is 0.382 e. The minimum Gasteiger partial charge on any atom is -0.382 e. The normalized spacial score (nSPS) is 15.6. The second kappa shape index (κ2) is 5.54. The molecule has 3 nitrogen and oxygen atoms in total. The Morgan fingerprint density at radius 2 is 2.31 bits per heavy atom. The van der Waals surface area contributed by atoms with Crippen molar-refractivity contribution >= 4 is 11.5 Å². The first-order valence-electron chi connectivity index (χ1n) is 5.98. The molecule has 0 fully saturated rings.